The zero-order chi connectivity index (χ0) is 16.4. The van der Waals surface area contributed by atoms with E-state index in [1.54, 1.807) is 0 Å². The van der Waals surface area contributed by atoms with Crippen LogP contribution in [0.4, 0.5) is 0 Å². The average Bonchev–Trinajstić information content (AvgIpc) is 3.24. The molecule has 0 unspecified atom stereocenters. The predicted molar refractivity (Wildman–Crippen MR) is 90.8 cm³/mol. The van der Waals surface area contributed by atoms with Crippen molar-refractivity contribution in [2.45, 2.75) is 32.3 Å². The number of rotatable bonds is 5. The van der Waals surface area contributed by atoms with Crippen LogP contribution in [0.5, 0.6) is 0 Å². The fraction of sp³-hybridized carbons (Fsp3) is 0.438. The predicted octanol–water partition coefficient (Wildman–Crippen LogP) is -0.266. The van der Waals surface area contributed by atoms with Gasteiger partial charge in [0.25, 0.3) is 0 Å². The third kappa shape index (κ3) is 3.48. The lowest BCUT2D eigenvalue weighted by Crippen LogP contribution is -2.33. The molecule has 2 aromatic rings. The zero-order valence-electron chi connectivity index (χ0n) is 13.8. The second kappa shape index (κ2) is 6.98. The summed E-state index contributed by atoms with van der Waals surface area (Å²) in [5.41, 5.74) is 16.8. The minimum Gasteiger partial charge on any atom is -0.309 e. The number of hydrogen-bond acceptors (Lipinski definition) is 7. The summed E-state index contributed by atoms with van der Waals surface area (Å²) in [5.74, 6) is 0. The van der Waals surface area contributed by atoms with Gasteiger partial charge in [0.15, 0.2) is 0 Å². The first kappa shape index (κ1) is 15.7. The highest BCUT2D eigenvalue weighted by molar-refractivity contribution is 5.26. The van der Waals surface area contributed by atoms with Crippen molar-refractivity contribution < 1.29 is 0 Å². The van der Waals surface area contributed by atoms with E-state index in [1.807, 2.05) is 0 Å². The SMILES string of the molecule is CN(Cc1cccc(C2NNNN2)c1)Cc1cc2n(n1)CCNC2. The fourth-order valence-electron chi connectivity index (χ4n) is 3.26. The minimum atomic E-state index is 0.0719. The molecule has 1 aromatic carbocycles. The Labute approximate surface area is 141 Å². The van der Waals surface area contributed by atoms with Gasteiger partial charge in [0.05, 0.1) is 17.9 Å². The van der Waals surface area contributed by atoms with Crippen molar-refractivity contribution >= 4 is 0 Å². The smallest absolute Gasteiger partial charge is 0.111 e. The number of nitrogens with one attached hydrogen (secondary N) is 5. The lowest BCUT2D eigenvalue weighted by molar-refractivity contribution is 0.313. The van der Waals surface area contributed by atoms with Crippen LogP contribution in [0.2, 0.25) is 0 Å². The molecule has 1 saturated heterocycles. The molecule has 0 atom stereocenters. The van der Waals surface area contributed by atoms with Crippen LogP contribution in [0.3, 0.4) is 0 Å². The van der Waals surface area contributed by atoms with Crippen molar-refractivity contribution in [2.24, 2.45) is 0 Å². The summed E-state index contributed by atoms with van der Waals surface area (Å²) < 4.78 is 2.12. The van der Waals surface area contributed by atoms with Crippen molar-refractivity contribution in [3.63, 3.8) is 0 Å². The maximum atomic E-state index is 4.71. The first-order valence-electron chi connectivity index (χ1n) is 8.33. The van der Waals surface area contributed by atoms with Crippen LogP contribution in [0.25, 0.3) is 0 Å². The Hall–Kier alpha value is -1.81. The number of hydrazine groups is 3. The van der Waals surface area contributed by atoms with E-state index in [9.17, 15) is 0 Å². The molecule has 1 aromatic heterocycles. The molecular weight excluding hydrogens is 304 g/mol. The van der Waals surface area contributed by atoms with E-state index >= 15 is 0 Å². The van der Waals surface area contributed by atoms with Crippen LogP contribution >= 0.6 is 0 Å². The highest BCUT2D eigenvalue weighted by atomic mass is 15.8. The molecule has 0 spiro atoms. The summed E-state index contributed by atoms with van der Waals surface area (Å²) in [6, 6.07) is 10.8. The third-order valence-electron chi connectivity index (χ3n) is 4.38. The Balaban J connectivity index is 1.39. The number of nitrogens with zero attached hydrogens (tertiary/aromatic N) is 3. The summed E-state index contributed by atoms with van der Waals surface area (Å²) in [6.45, 7) is 4.63. The molecule has 0 aliphatic carbocycles. The van der Waals surface area contributed by atoms with Gasteiger partial charge in [0.2, 0.25) is 0 Å². The van der Waals surface area contributed by atoms with E-state index in [-0.39, 0.29) is 6.17 Å². The second-order valence-electron chi connectivity index (χ2n) is 6.42. The Bertz CT molecular complexity index is 668. The summed E-state index contributed by atoms with van der Waals surface area (Å²) in [5, 5.41) is 8.10. The van der Waals surface area contributed by atoms with Crippen LogP contribution in [-0.2, 0) is 26.2 Å². The molecule has 0 bridgehead atoms. The highest BCUT2D eigenvalue weighted by Crippen LogP contribution is 2.15. The number of fused-ring (bicyclic) bond motifs is 1. The summed E-state index contributed by atoms with van der Waals surface area (Å²) >= 11 is 0. The normalized spacial score (nSPS) is 18.2. The van der Waals surface area contributed by atoms with Crippen molar-refractivity contribution in [2.75, 3.05) is 13.6 Å². The average molecular weight is 328 g/mol. The molecule has 2 aliphatic heterocycles. The molecule has 3 heterocycles. The summed E-state index contributed by atoms with van der Waals surface area (Å²) in [6.07, 6.45) is 0.0719. The van der Waals surface area contributed by atoms with E-state index in [4.69, 9.17) is 5.10 Å². The largest absolute Gasteiger partial charge is 0.309 e. The van der Waals surface area contributed by atoms with Gasteiger partial charge in [-0.15, -0.1) is 0 Å². The Morgan fingerprint density at radius 3 is 2.92 bits per heavy atom. The highest BCUT2D eigenvalue weighted by Gasteiger charge is 2.16. The van der Waals surface area contributed by atoms with Crippen molar-refractivity contribution in [1.29, 1.82) is 0 Å². The van der Waals surface area contributed by atoms with Gasteiger partial charge in [0, 0.05) is 26.2 Å². The van der Waals surface area contributed by atoms with Crippen LogP contribution in [-0.4, -0.2) is 28.3 Å². The van der Waals surface area contributed by atoms with E-state index in [0.717, 1.165) is 38.4 Å². The quantitative estimate of drug-likeness (QED) is 0.517. The number of aromatic nitrogens is 2. The van der Waals surface area contributed by atoms with Gasteiger partial charge in [-0.1, -0.05) is 24.3 Å². The maximum absolute atomic E-state index is 4.71. The van der Waals surface area contributed by atoms with Crippen molar-refractivity contribution in [3.8, 4) is 0 Å². The van der Waals surface area contributed by atoms with Gasteiger partial charge < -0.3 is 5.32 Å². The molecular formula is C16H24N8. The lowest BCUT2D eigenvalue weighted by Gasteiger charge is -2.17. The van der Waals surface area contributed by atoms with Gasteiger partial charge in [-0.2, -0.15) is 16.2 Å². The number of benzene rings is 1. The first-order chi connectivity index (χ1) is 11.8. The molecule has 0 saturated carbocycles. The molecule has 8 nitrogen and oxygen atoms in total. The monoisotopic (exact) mass is 328 g/mol. The molecule has 8 heteroatoms. The molecule has 128 valence electrons. The number of hydrogen-bond donors (Lipinski definition) is 5. The third-order valence-corrected chi connectivity index (χ3v) is 4.38. The molecule has 0 amide bonds. The molecule has 1 fully saturated rings. The van der Waals surface area contributed by atoms with Crippen LogP contribution in [0, 0.1) is 0 Å². The lowest BCUT2D eigenvalue weighted by atomic mass is 10.1. The summed E-state index contributed by atoms with van der Waals surface area (Å²) in [7, 11) is 2.14. The molecule has 4 rings (SSSR count). The second-order valence-corrected chi connectivity index (χ2v) is 6.42. The Morgan fingerprint density at radius 1 is 1.21 bits per heavy atom. The van der Waals surface area contributed by atoms with Crippen LogP contribution < -0.4 is 27.2 Å². The molecule has 5 N–H and O–H groups in total. The zero-order valence-corrected chi connectivity index (χ0v) is 13.8. The van der Waals surface area contributed by atoms with Gasteiger partial charge in [0.1, 0.15) is 6.17 Å². The van der Waals surface area contributed by atoms with Crippen LogP contribution in [0.1, 0.15) is 28.7 Å². The van der Waals surface area contributed by atoms with Gasteiger partial charge in [-0.05, 0) is 24.2 Å². The van der Waals surface area contributed by atoms with E-state index in [2.05, 4.69) is 74.2 Å². The Kier molecular flexibility index (Phi) is 4.56. The van der Waals surface area contributed by atoms with E-state index in [0.29, 0.717) is 0 Å². The summed E-state index contributed by atoms with van der Waals surface area (Å²) in [4.78, 5) is 2.30. The van der Waals surface area contributed by atoms with Gasteiger partial charge in [-0.25, -0.2) is 10.9 Å². The van der Waals surface area contributed by atoms with Crippen molar-refractivity contribution in [3.05, 3.63) is 52.8 Å². The topological polar surface area (TPSA) is 81.2 Å². The Morgan fingerprint density at radius 2 is 2.08 bits per heavy atom. The van der Waals surface area contributed by atoms with E-state index in [1.165, 1.54) is 16.8 Å². The standard InChI is InChI=1S/C16H24N8/c1-23(11-14-8-15-9-17-5-6-24(15)20-14)10-12-3-2-4-13(7-12)16-18-21-22-19-16/h2-4,7-8,16-19,21-22H,5-6,9-11H2,1H3. The van der Waals surface area contributed by atoms with Crippen molar-refractivity contribution in [1.82, 2.24) is 41.9 Å². The molecule has 2 aliphatic rings. The van der Waals surface area contributed by atoms with Gasteiger partial charge in [-0.3, -0.25) is 9.58 Å². The first-order valence-corrected chi connectivity index (χ1v) is 8.33. The van der Waals surface area contributed by atoms with Gasteiger partial charge >= 0.3 is 0 Å². The minimum absolute atomic E-state index is 0.0719. The molecule has 24 heavy (non-hydrogen) atoms. The maximum Gasteiger partial charge on any atom is 0.111 e. The fourth-order valence-corrected chi connectivity index (χ4v) is 3.26. The van der Waals surface area contributed by atoms with Crippen LogP contribution in [0.15, 0.2) is 30.3 Å². The molecule has 0 radical (unpaired) electrons. The van der Waals surface area contributed by atoms with E-state index < -0.39 is 0 Å².